The molecule has 0 aromatic heterocycles. The number of fused-ring (bicyclic) bond motifs is 2. The maximum absolute atomic E-state index is 12.6. The van der Waals surface area contributed by atoms with Gasteiger partial charge in [0.1, 0.15) is 34.2 Å². The third kappa shape index (κ3) is 6.48. The second-order valence-electron chi connectivity index (χ2n) is 12.8. The van der Waals surface area contributed by atoms with E-state index in [1.807, 2.05) is 55.4 Å². The first-order valence-electron chi connectivity index (χ1n) is 15.1. The van der Waals surface area contributed by atoms with Crippen LogP contribution in [0.4, 0.5) is 0 Å². The molecule has 2 atom stereocenters. The van der Waals surface area contributed by atoms with Crippen molar-refractivity contribution in [3.63, 3.8) is 0 Å². The van der Waals surface area contributed by atoms with Crippen molar-refractivity contribution in [3.8, 4) is 23.0 Å². The van der Waals surface area contributed by atoms with Crippen molar-refractivity contribution in [2.45, 2.75) is 112 Å². The lowest BCUT2D eigenvalue weighted by Crippen LogP contribution is -2.38. The van der Waals surface area contributed by atoms with E-state index in [4.69, 9.17) is 18.9 Å². The molecule has 2 aromatic carbocycles. The Hall–Kier alpha value is -3.68. The van der Waals surface area contributed by atoms with Gasteiger partial charge in [-0.15, -0.1) is 0 Å². The molecule has 8 nitrogen and oxygen atoms in total. The van der Waals surface area contributed by atoms with Crippen LogP contribution in [0.1, 0.15) is 90.5 Å². The van der Waals surface area contributed by atoms with Gasteiger partial charge in [-0.2, -0.15) is 0 Å². The van der Waals surface area contributed by atoms with Crippen LogP contribution in [0.15, 0.2) is 12.2 Å². The lowest BCUT2D eigenvalue weighted by Gasteiger charge is -2.38. The van der Waals surface area contributed by atoms with Crippen molar-refractivity contribution in [2.75, 3.05) is 13.2 Å². The number of esters is 2. The Bertz CT molecular complexity index is 1470. The zero-order valence-corrected chi connectivity index (χ0v) is 26.9. The molecule has 0 bridgehead atoms. The van der Waals surface area contributed by atoms with E-state index in [0.717, 1.165) is 81.7 Å². The zero-order valence-electron chi connectivity index (χ0n) is 26.9. The van der Waals surface area contributed by atoms with E-state index < -0.39 is 23.1 Å². The Morgan fingerprint density at radius 1 is 0.721 bits per heavy atom. The first-order chi connectivity index (χ1) is 20.1. The fourth-order valence-corrected chi connectivity index (χ4v) is 6.08. The summed E-state index contributed by atoms with van der Waals surface area (Å²) in [6.07, 6.45) is 3.71. The molecule has 0 amide bonds. The smallest absolute Gasteiger partial charge is 0.333 e. The van der Waals surface area contributed by atoms with Gasteiger partial charge in [-0.1, -0.05) is 6.58 Å². The molecule has 0 aliphatic carbocycles. The molecule has 2 aliphatic rings. The SMILES string of the molecule is C=C(CC(=O)OCCC1(C)CCc2c(C)c(O)c(C)c(C)c2O1)C(=O)OCCC1(C)CCc2c(C)c(O)c(C)c(C)c2O1. The van der Waals surface area contributed by atoms with E-state index in [1.54, 1.807) is 0 Å². The second kappa shape index (κ2) is 12.1. The Balaban J connectivity index is 1.22. The average molecular weight is 595 g/mol. The molecule has 0 saturated heterocycles. The molecule has 0 spiro atoms. The number of rotatable bonds is 9. The van der Waals surface area contributed by atoms with E-state index in [-0.39, 0.29) is 25.2 Å². The van der Waals surface area contributed by atoms with Crippen LogP contribution in [-0.2, 0) is 31.9 Å². The predicted molar refractivity (Wildman–Crippen MR) is 164 cm³/mol. The van der Waals surface area contributed by atoms with Crippen molar-refractivity contribution in [3.05, 3.63) is 56.7 Å². The van der Waals surface area contributed by atoms with Gasteiger partial charge in [-0.05, 0) is 114 Å². The van der Waals surface area contributed by atoms with Crippen LogP contribution in [0.5, 0.6) is 23.0 Å². The van der Waals surface area contributed by atoms with Crippen LogP contribution >= 0.6 is 0 Å². The monoisotopic (exact) mass is 594 g/mol. The van der Waals surface area contributed by atoms with Gasteiger partial charge in [-0.25, -0.2) is 4.79 Å². The number of hydrogen-bond acceptors (Lipinski definition) is 8. The second-order valence-corrected chi connectivity index (χ2v) is 12.8. The summed E-state index contributed by atoms with van der Waals surface area (Å²) in [5, 5.41) is 20.8. The lowest BCUT2D eigenvalue weighted by molar-refractivity contribution is -0.147. The molecule has 2 heterocycles. The summed E-state index contributed by atoms with van der Waals surface area (Å²) >= 11 is 0. The molecule has 2 N–H and O–H groups in total. The molecular weight excluding hydrogens is 548 g/mol. The van der Waals surface area contributed by atoms with Crippen LogP contribution in [-0.4, -0.2) is 46.6 Å². The summed E-state index contributed by atoms with van der Waals surface area (Å²) in [6.45, 7) is 19.5. The summed E-state index contributed by atoms with van der Waals surface area (Å²) in [7, 11) is 0. The Kier molecular flexibility index (Phi) is 9.10. The molecule has 8 heteroatoms. The summed E-state index contributed by atoms with van der Waals surface area (Å²) < 4.78 is 23.7. The Morgan fingerprint density at radius 3 is 1.58 bits per heavy atom. The third-order valence-electron chi connectivity index (χ3n) is 9.59. The summed E-state index contributed by atoms with van der Waals surface area (Å²) in [6, 6.07) is 0. The van der Waals surface area contributed by atoms with Crippen LogP contribution in [0.25, 0.3) is 0 Å². The topological polar surface area (TPSA) is 112 Å². The highest BCUT2D eigenvalue weighted by Gasteiger charge is 2.36. The standard InChI is InChI=1S/C35H46O8/c1-19(33(39)41-17-15-35(9)13-11-27-25(7)30(38)21(3)23(5)32(27)43-35)18-28(36)40-16-14-34(8)12-10-26-24(6)29(37)20(2)22(4)31(26)42-34/h37-38H,1,10-18H2,2-9H3. The van der Waals surface area contributed by atoms with Gasteiger partial charge in [0.2, 0.25) is 0 Å². The van der Waals surface area contributed by atoms with Crippen molar-refractivity contribution >= 4 is 11.9 Å². The zero-order chi connectivity index (χ0) is 31.9. The number of benzene rings is 2. The summed E-state index contributed by atoms with van der Waals surface area (Å²) in [5.74, 6) is 1.07. The molecule has 0 saturated carbocycles. The largest absolute Gasteiger partial charge is 0.507 e. The first kappa shape index (κ1) is 32.2. The highest BCUT2D eigenvalue weighted by atomic mass is 16.5. The quantitative estimate of drug-likeness (QED) is 0.246. The molecular formula is C35H46O8. The molecule has 234 valence electrons. The van der Waals surface area contributed by atoms with Crippen molar-refractivity contribution in [1.29, 1.82) is 0 Å². The molecule has 2 aliphatic heterocycles. The molecule has 0 fully saturated rings. The van der Waals surface area contributed by atoms with Gasteiger partial charge in [0.25, 0.3) is 0 Å². The highest BCUT2D eigenvalue weighted by molar-refractivity contribution is 5.93. The van der Waals surface area contributed by atoms with E-state index in [9.17, 15) is 19.8 Å². The number of carbonyl (C=O) groups excluding carboxylic acids is 2. The minimum absolute atomic E-state index is 0.0399. The van der Waals surface area contributed by atoms with Crippen LogP contribution in [0.3, 0.4) is 0 Å². The molecule has 4 rings (SSSR count). The van der Waals surface area contributed by atoms with E-state index in [0.29, 0.717) is 24.3 Å². The number of phenols is 2. The lowest BCUT2D eigenvalue weighted by atomic mass is 9.86. The van der Waals surface area contributed by atoms with Gasteiger partial charge in [0.05, 0.1) is 19.6 Å². The highest BCUT2D eigenvalue weighted by Crippen LogP contribution is 2.45. The third-order valence-corrected chi connectivity index (χ3v) is 9.59. The van der Waals surface area contributed by atoms with Gasteiger partial charge < -0.3 is 29.2 Å². The van der Waals surface area contributed by atoms with E-state index in [1.165, 1.54) is 0 Å². The Morgan fingerprint density at radius 2 is 1.14 bits per heavy atom. The number of ether oxygens (including phenoxy) is 4. The minimum atomic E-state index is -0.631. The van der Waals surface area contributed by atoms with Crippen LogP contribution < -0.4 is 9.47 Å². The number of hydrogen-bond donors (Lipinski definition) is 2. The van der Waals surface area contributed by atoms with E-state index in [2.05, 4.69) is 6.58 Å². The molecule has 2 aromatic rings. The van der Waals surface area contributed by atoms with Crippen molar-refractivity contribution in [1.82, 2.24) is 0 Å². The van der Waals surface area contributed by atoms with Crippen molar-refractivity contribution < 1.29 is 38.7 Å². The molecule has 43 heavy (non-hydrogen) atoms. The normalized spacial score (nSPS) is 20.7. The van der Waals surface area contributed by atoms with Gasteiger partial charge in [0, 0.05) is 29.5 Å². The summed E-state index contributed by atoms with van der Waals surface area (Å²) in [4.78, 5) is 25.1. The minimum Gasteiger partial charge on any atom is -0.507 e. The number of aromatic hydroxyl groups is 2. The van der Waals surface area contributed by atoms with Crippen molar-refractivity contribution in [2.24, 2.45) is 0 Å². The first-order valence-corrected chi connectivity index (χ1v) is 15.1. The summed E-state index contributed by atoms with van der Waals surface area (Å²) in [5.41, 5.74) is 6.21. The fourth-order valence-electron chi connectivity index (χ4n) is 6.08. The van der Waals surface area contributed by atoms with Crippen LogP contribution in [0, 0.1) is 41.5 Å². The predicted octanol–water partition coefficient (Wildman–Crippen LogP) is 6.63. The molecule has 0 radical (unpaired) electrons. The average Bonchev–Trinajstić information content (AvgIpc) is 2.96. The Labute approximate surface area is 255 Å². The maximum atomic E-state index is 12.6. The van der Waals surface area contributed by atoms with Crippen LogP contribution in [0.2, 0.25) is 0 Å². The van der Waals surface area contributed by atoms with Gasteiger partial charge in [0.15, 0.2) is 0 Å². The number of phenolic OH excluding ortho intramolecular Hbond substituents is 2. The van der Waals surface area contributed by atoms with E-state index >= 15 is 0 Å². The van der Waals surface area contributed by atoms with Gasteiger partial charge >= 0.3 is 11.9 Å². The maximum Gasteiger partial charge on any atom is 0.333 e. The van der Waals surface area contributed by atoms with Gasteiger partial charge in [-0.3, -0.25) is 4.79 Å². The molecule has 2 unspecified atom stereocenters. The fraction of sp³-hybridized carbons (Fsp3) is 0.543. The number of carbonyl (C=O) groups is 2.